The van der Waals surface area contributed by atoms with Gasteiger partial charge < -0.3 is 5.11 Å². The van der Waals surface area contributed by atoms with Gasteiger partial charge in [-0.05, 0) is 5.56 Å². The Hall–Kier alpha value is -2.49. The van der Waals surface area contributed by atoms with Crippen molar-refractivity contribution in [2.45, 2.75) is 18.3 Å². The first kappa shape index (κ1) is 14.4. The van der Waals surface area contributed by atoms with Crippen LogP contribution in [0.25, 0.3) is 5.76 Å². The summed E-state index contributed by atoms with van der Waals surface area (Å²) in [6, 6.07) is 16.9. The molecule has 1 aliphatic rings. The zero-order valence-electron chi connectivity index (χ0n) is 11.7. The van der Waals surface area contributed by atoms with Crippen molar-refractivity contribution in [1.82, 2.24) is 0 Å². The normalized spacial score (nSPS) is 22.6. The Balaban J connectivity index is 2.15. The predicted octanol–water partition coefficient (Wildman–Crippen LogP) is 4.35. The first-order chi connectivity index (χ1) is 10.5. The van der Waals surface area contributed by atoms with Gasteiger partial charge in [-0.15, -0.1) is 0 Å². The number of carbonyl (C=O) groups is 1. The molecule has 1 saturated carbocycles. The van der Waals surface area contributed by atoms with Crippen molar-refractivity contribution in [2.75, 3.05) is 0 Å². The third kappa shape index (κ3) is 2.41. The van der Waals surface area contributed by atoms with Gasteiger partial charge in [0.25, 0.3) is 0 Å². The Labute approximate surface area is 126 Å². The van der Waals surface area contributed by atoms with E-state index < -0.39 is 24.0 Å². The van der Waals surface area contributed by atoms with Crippen LogP contribution >= 0.6 is 0 Å². The highest BCUT2D eigenvalue weighted by Gasteiger charge is 2.53. The number of benzene rings is 2. The highest BCUT2D eigenvalue weighted by molar-refractivity contribution is 6.09. The number of alkyl halides is 2. The standard InChI is InChI=1S/C18H14F2O2/c19-18(20)11-14(12-7-3-1-4-8-12)15(17(18)22)16(21)13-9-5-2-6-10-13/h1-10,14,21H,11H2/b16-15+. The number of hydrogen-bond donors (Lipinski definition) is 1. The Bertz CT molecular complexity index is 721. The van der Waals surface area contributed by atoms with Gasteiger partial charge in [0.2, 0.25) is 5.78 Å². The van der Waals surface area contributed by atoms with Gasteiger partial charge in [0, 0.05) is 17.9 Å². The van der Waals surface area contributed by atoms with Crippen LogP contribution in [-0.2, 0) is 4.79 Å². The molecule has 2 aromatic rings. The summed E-state index contributed by atoms with van der Waals surface area (Å²) in [5, 5.41) is 10.4. The molecule has 2 nitrogen and oxygen atoms in total. The first-order valence-electron chi connectivity index (χ1n) is 6.97. The summed E-state index contributed by atoms with van der Waals surface area (Å²) in [6.45, 7) is 0. The van der Waals surface area contributed by atoms with Crippen LogP contribution in [0.1, 0.15) is 23.5 Å². The third-order valence-corrected chi connectivity index (χ3v) is 3.89. The number of aliphatic hydroxyl groups is 1. The molecule has 0 radical (unpaired) electrons. The Morgan fingerprint density at radius 3 is 2.14 bits per heavy atom. The van der Waals surface area contributed by atoms with Crippen molar-refractivity contribution < 1.29 is 18.7 Å². The molecule has 1 atom stereocenters. The molecule has 1 aliphatic carbocycles. The van der Waals surface area contributed by atoms with E-state index in [1.165, 1.54) is 0 Å². The molecule has 112 valence electrons. The summed E-state index contributed by atoms with van der Waals surface area (Å²) in [5.41, 5.74) is 0.761. The van der Waals surface area contributed by atoms with Gasteiger partial charge in [0.1, 0.15) is 5.76 Å². The van der Waals surface area contributed by atoms with Crippen LogP contribution < -0.4 is 0 Å². The second kappa shape index (κ2) is 5.37. The molecule has 0 spiro atoms. The second-order valence-electron chi connectivity index (χ2n) is 5.33. The first-order valence-corrected chi connectivity index (χ1v) is 6.97. The van der Waals surface area contributed by atoms with Crippen LogP contribution in [0.5, 0.6) is 0 Å². The van der Waals surface area contributed by atoms with Crippen molar-refractivity contribution in [1.29, 1.82) is 0 Å². The maximum Gasteiger partial charge on any atom is 0.310 e. The summed E-state index contributed by atoms with van der Waals surface area (Å²) in [6.07, 6.45) is -0.609. The predicted molar refractivity (Wildman–Crippen MR) is 79.7 cm³/mol. The Morgan fingerprint density at radius 2 is 1.55 bits per heavy atom. The molecular formula is C18H14F2O2. The summed E-state index contributed by atoms with van der Waals surface area (Å²) in [4.78, 5) is 12.1. The molecule has 22 heavy (non-hydrogen) atoms. The second-order valence-corrected chi connectivity index (χ2v) is 5.33. The highest BCUT2D eigenvalue weighted by atomic mass is 19.3. The number of hydrogen-bond acceptors (Lipinski definition) is 2. The van der Waals surface area contributed by atoms with E-state index in [0.717, 1.165) is 0 Å². The number of allylic oxidation sites excluding steroid dienone is 1. The largest absolute Gasteiger partial charge is 0.507 e. The van der Waals surface area contributed by atoms with Crippen LogP contribution in [0, 0.1) is 0 Å². The fourth-order valence-electron chi connectivity index (χ4n) is 2.80. The van der Waals surface area contributed by atoms with Crippen molar-refractivity contribution >= 4 is 11.5 Å². The molecule has 0 aromatic heterocycles. The number of aliphatic hydroxyl groups excluding tert-OH is 1. The molecule has 2 aromatic carbocycles. The molecule has 0 amide bonds. The smallest absolute Gasteiger partial charge is 0.310 e. The number of rotatable bonds is 2. The zero-order valence-corrected chi connectivity index (χ0v) is 11.7. The van der Waals surface area contributed by atoms with Crippen LogP contribution in [-0.4, -0.2) is 16.8 Å². The molecule has 0 aliphatic heterocycles. The lowest BCUT2D eigenvalue weighted by Crippen LogP contribution is -2.22. The maximum absolute atomic E-state index is 13.9. The third-order valence-electron chi connectivity index (χ3n) is 3.89. The zero-order chi connectivity index (χ0) is 15.7. The van der Waals surface area contributed by atoms with Gasteiger partial charge in [0.05, 0.1) is 5.57 Å². The molecule has 3 rings (SSSR count). The summed E-state index contributed by atoms with van der Waals surface area (Å²) < 4.78 is 27.8. The summed E-state index contributed by atoms with van der Waals surface area (Å²) in [7, 11) is 0. The van der Waals surface area contributed by atoms with Gasteiger partial charge >= 0.3 is 5.92 Å². The van der Waals surface area contributed by atoms with Gasteiger partial charge in [-0.2, -0.15) is 8.78 Å². The van der Waals surface area contributed by atoms with Gasteiger partial charge in [-0.25, -0.2) is 0 Å². The molecule has 0 heterocycles. The summed E-state index contributed by atoms with van der Waals surface area (Å²) in [5.74, 6) is -5.90. The van der Waals surface area contributed by atoms with E-state index in [0.29, 0.717) is 11.1 Å². The van der Waals surface area contributed by atoms with Crippen molar-refractivity contribution in [3.8, 4) is 0 Å². The lowest BCUT2D eigenvalue weighted by atomic mass is 9.91. The van der Waals surface area contributed by atoms with Crippen LogP contribution in [0.3, 0.4) is 0 Å². The van der Waals surface area contributed by atoms with Crippen molar-refractivity contribution in [3.63, 3.8) is 0 Å². The molecule has 1 unspecified atom stereocenters. The van der Waals surface area contributed by atoms with E-state index in [1.807, 2.05) is 0 Å². The molecule has 0 bridgehead atoms. The Morgan fingerprint density at radius 1 is 1.00 bits per heavy atom. The SMILES string of the molecule is O=C1/C(=C(/O)c2ccccc2)C(c2ccccc2)CC1(F)F. The maximum atomic E-state index is 13.9. The minimum absolute atomic E-state index is 0.206. The average Bonchev–Trinajstić information content (AvgIpc) is 2.79. The molecule has 4 heteroatoms. The number of Topliss-reactive ketones (excluding diaryl/α,β-unsaturated/α-hetero) is 1. The molecule has 0 saturated heterocycles. The van der Waals surface area contributed by atoms with E-state index >= 15 is 0 Å². The number of halogens is 2. The minimum Gasteiger partial charge on any atom is -0.507 e. The summed E-state index contributed by atoms with van der Waals surface area (Å²) >= 11 is 0. The van der Waals surface area contributed by atoms with Gasteiger partial charge in [-0.1, -0.05) is 60.7 Å². The molecule has 1 N–H and O–H groups in total. The van der Waals surface area contributed by atoms with Gasteiger partial charge in [-0.3, -0.25) is 4.79 Å². The van der Waals surface area contributed by atoms with Crippen LogP contribution in [0.15, 0.2) is 66.2 Å². The Kier molecular flexibility index (Phi) is 3.53. The van der Waals surface area contributed by atoms with E-state index in [9.17, 15) is 18.7 Å². The lowest BCUT2D eigenvalue weighted by Gasteiger charge is -2.13. The number of carbonyl (C=O) groups excluding carboxylic acids is 1. The van der Waals surface area contributed by atoms with E-state index in [1.54, 1.807) is 60.7 Å². The van der Waals surface area contributed by atoms with E-state index in [-0.39, 0.29) is 11.3 Å². The quantitative estimate of drug-likeness (QED) is 0.661. The van der Waals surface area contributed by atoms with E-state index in [4.69, 9.17) is 0 Å². The van der Waals surface area contributed by atoms with Crippen molar-refractivity contribution in [2.24, 2.45) is 0 Å². The lowest BCUT2D eigenvalue weighted by molar-refractivity contribution is -0.135. The molecule has 1 fully saturated rings. The topological polar surface area (TPSA) is 37.3 Å². The minimum atomic E-state index is -3.45. The van der Waals surface area contributed by atoms with Crippen molar-refractivity contribution in [3.05, 3.63) is 77.4 Å². The fourth-order valence-corrected chi connectivity index (χ4v) is 2.80. The highest BCUT2D eigenvalue weighted by Crippen LogP contribution is 2.47. The van der Waals surface area contributed by atoms with Gasteiger partial charge in [0.15, 0.2) is 0 Å². The number of ketones is 1. The van der Waals surface area contributed by atoms with E-state index in [2.05, 4.69) is 0 Å². The van der Waals surface area contributed by atoms with Crippen LogP contribution in [0.2, 0.25) is 0 Å². The monoisotopic (exact) mass is 300 g/mol. The van der Waals surface area contributed by atoms with Crippen LogP contribution in [0.4, 0.5) is 8.78 Å². The molecular weight excluding hydrogens is 286 g/mol. The average molecular weight is 300 g/mol. The fraction of sp³-hybridized carbons (Fsp3) is 0.167.